The van der Waals surface area contributed by atoms with E-state index in [0.717, 1.165) is 55.0 Å². The van der Waals surface area contributed by atoms with Crippen LogP contribution < -0.4 is 20.7 Å². The molecule has 0 aliphatic heterocycles. The Hall–Kier alpha value is -3.44. The number of nitrogens with two attached hydrogens (primary N) is 2. The summed E-state index contributed by atoms with van der Waals surface area (Å²) in [6.45, 7) is 6.37. The van der Waals surface area contributed by atoms with Gasteiger partial charge in [0, 0.05) is 0 Å². The van der Waals surface area contributed by atoms with Crippen molar-refractivity contribution in [1.29, 1.82) is 5.26 Å². The predicted molar refractivity (Wildman–Crippen MR) is 188 cm³/mol. The number of nitrogens with zero attached hydrogens (tertiary/aromatic N) is 2. The smallest absolute Gasteiger partial charge is 0.475 e. The summed E-state index contributed by atoms with van der Waals surface area (Å²) in [5.74, 6) is -5.61. The van der Waals surface area contributed by atoms with Crippen molar-refractivity contribution in [1.82, 2.24) is 4.90 Å². The average molecular weight is 901 g/mol. The quantitative estimate of drug-likeness (QED) is 0.0614. The van der Waals surface area contributed by atoms with Gasteiger partial charge in [-0.3, -0.25) is 0 Å². The Labute approximate surface area is 315 Å². The van der Waals surface area contributed by atoms with Crippen molar-refractivity contribution in [2.45, 2.75) is 42.7 Å². The van der Waals surface area contributed by atoms with Gasteiger partial charge in [-0.25, -0.2) is 9.59 Å². The number of rotatable bonds is 17. The molecule has 0 radical (unpaired) electrons. The topological polar surface area (TPSA) is 223 Å². The number of ether oxygens (including phenoxy) is 1. The van der Waals surface area contributed by atoms with Gasteiger partial charge in [0.2, 0.25) is 0 Å². The SMILES string of the molecule is Cc1c(S(=O)(=O)[AsH]C[PH](=O)Oc2ccc(C#N)c(F)c2)sc2ccc(OCCCN(CCCN)CCCN)cc12.O=C(O)C(F)(F)F.O=C(O)C(F)(F)F. The van der Waals surface area contributed by atoms with Gasteiger partial charge in [0.05, 0.1) is 0 Å². The number of hydrogen-bond acceptors (Lipinski definition) is 12. The Bertz CT molecular complexity index is 1840. The normalized spacial score (nSPS) is 12.4. The van der Waals surface area contributed by atoms with Gasteiger partial charge >= 0.3 is 233 Å². The molecule has 1 aromatic heterocycles. The molecule has 2 unspecified atom stereocenters. The number of carboxylic acid groups (broad SMARTS) is 2. The van der Waals surface area contributed by atoms with Crippen molar-refractivity contribution in [2.24, 2.45) is 11.5 Å². The molecule has 0 saturated carbocycles. The van der Waals surface area contributed by atoms with Crippen molar-refractivity contribution in [2.75, 3.05) is 44.3 Å². The van der Waals surface area contributed by atoms with Gasteiger partial charge in [-0.2, -0.15) is 26.3 Å². The van der Waals surface area contributed by atoms with Crippen molar-refractivity contribution >= 4 is 64.1 Å². The summed E-state index contributed by atoms with van der Waals surface area (Å²) < 4.78 is 128. The summed E-state index contributed by atoms with van der Waals surface area (Å²) in [5.41, 5.74) is 11.8. The third-order valence-corrected chi connectivity index (χ3v) is 20.2. The van der Waals surface area contributed by atoms with Gasteiger partial charge in [-0.05, 0) is 25.9 Å². The molecule has 0 spiro atoms. The second kappa shape index (κ2) is 22.8. The molecule has 0 amide bonds. The molecule has 0 bridgehead atoms. The summed E-state index contributed by atoms with van der Waals surface area (Å²) >= 11 is -0.518. The van der Waals surface area contributed by atoms with E-state index in [1.165, 1.54) is 23.5 Å². The van der Waals surface area contributed by atoms with Crippen molar-refractivity contribution in [3.8, 4) is 17.6 Å². The summed E-state index contributed by atoms with van der Waals surface area (Å²) in [6, 6.07) is 10.8. The van der Waals surface area contributed by atoms with Crippen LogP contribution in [0.25, 0.3) is 10.1 Å². The molecule has 1 heterocycles. The molecule has 3 rings (SSSR count). The molecule has 0 aliphatic carbocycles. The van der Waals surface area contributed by atoms with Crippen molar-refractivity contribution in [3.05, 3.63) is 53.3 Å². The first-order valence-electron chi connectivity index (χ1n) is 15.4. The van der Waals surface area contributed by atoms with E-state index in [4.69, 9.17) is 45.8 Å². The molecular formula is C30H37AsF7N4O9PS2. The van der Waals surface area contributed by atoms with E-state index >= 15 is 0 Å². The van der Waals surface area contributed by atoms with Crippen LogP contribution in [0.3, 0.4) is 0 Å². The number of aliphatic carboxylic acids is 2. The molecule has 0 fully saturated rings. The van der Waals surface area contributed by atoms with Crippen LogP contribution in [0.5, 0.6) is 11.5 Å². The molecule has 0 saturated heterocycles. The molecule has 6 N–H and O–H groups in total. The van der Waals surface area contributed by atoms with Gasteiger partial charge in [-0.15, -0.1) is 0 Å². The molecular weight excluding hydrogens is 863 g/mol. The van der Waals surface area contributed by atoms with E-state index in [2.05, 4.69) is 4.90 Å². The number of carboxylic acids is 2. The van der Waals surface area contributed by atoms with Gasteiger partial charge in [-0.1, -0.05) is 0 Å². The number of nitriles is 1. The molecule has 54 heavy (non-hydrogen) atoms. The van der Waals surface area contributed by atoms with Crippen molar-refractivity contribution < 1.29 is 72.8 Å². The number of halogens is 7. The first-order valence-corrected chi connectivity index (χ1v) is 23.2. The van der Waals surface area contributed by atoms with Crippen LogP contribution in [0.15, 0.2) is 40.6 Å². The molecule has 24 heteroatoms. The van der Waals surface area contributed by atoms with Crippen LogP contribution in [0.2, 0.25) is 0 Å². The third kappa shape index (κ3) is 17.4. The van der Waals surface area contributed by atoms with Crippen LogP contribution in [-0.4, -0.2) is 107 Å². The fourth-order valence-corrected chi connectivity index (χ4v) is 17.7. The molecule has 2 aromatic carbocycles. The fraction of sp³-hybridized carbons (Fsp3) is 0.433. The number of hydrogen-bond donors (Lipinski definition) is 4. The zero-order valence-corrected chi connectivity index (χ0v) is 33.0. The van der Waals surface area contributed by atoms with E-state index in [1.807, 2.05) is 18.2 Å². The van der Waals surface area contributed by atoms with Crippen LogP contribution in [0.4, 0.5) is 30.7 Å². The van der Waals surface area contributed by atoms with E-state index in [9.17, 15) is 43.7 Å². The second-order valence-electron chi connectivity index (χ2n) is 10.7. The summed E-state index contributed by atoms with van der Waals surface area (Å²) in [4.78, 5) is 20.0. The maximum Gasteiger partial charge on any atom is 0.490 e. The van der Waals surface area contributed by atoms with E-state index in [1.54, 1.807) is 13.0 Å². The number of alkyl halides is 6. The van der Waals surface area contributed by atoms with Gasteiger partial charge in [0.1, 0.15) is 0 Å². The van der Waals surface area contributed by atoms with Crippen LogP contribution in [0.1, 0.15) is 30.4 Å². The Morgan fingerprint density at radius 1 is 0.944 bits per heavy atom. The zero-order chi connectivity index (χ0) is 41.3. The fourth-order valence-electron chi connectivity index (χ4n) is 4.00. The van der Waals surface area contributed by atoms with E-state index in [0.29, 0.717) is 31.0 Å². The molecule has 13 nitrogen and oxygen atoms in total. The Morgan fingerprint density at radius 3 is 1.94 bits per heavy atom. The van der Waals surface area contributed by atoms with E-state index < -0.39 is 60.8 Å². The van der Waals surface area contributed by atoms with Crippen LogP contribution in [-0.2, 0) is 22.3 Å². The number of carbonyl (C=O) groups is 2. The van der Waals surface area contributed by atoms with Gasteiger partial charge in [0.25, 0.3) is 0 Å². The first-order chi connectivity index (χ1) is 25.1. The largest absolute Gasteiger partial charge is 0.490 e. The van der Waals surface area contributed by atoms with Crippen molar-refractivity contribution in [3.63, 3.8) is 0 Å². The number of aryl methyl sites for hydroxylation is 1. The first kappa shape index (κ1) is 48.6. The maximum absolute atomic E-state index is 13.8. The molecule has 0 aliphatic rings. The minimum atomic E-state index is -5.08. The zero-order valence-electron chi connectivity index (χ0n) is 28.3. The number of benzene rings is 2. The van der Waals surface area contributed by atoms with Crippen LogP contribution in [0, 0.1) is 24.1 Å². The Balaban J connectivity index is 0.000000879. The van der Waals surface area contributed by atoms with Gasteiger partial charge in [0.15, 0.2) is 0 Å². The predicted octanol–water partition coefficient (Wildman–Crippen LogP) is 4.89. The second-order valence-corrected chi connectivity index (χ2v) is 22.4. The minimum absolute atomic E-state index is 0.00814. The summed E-state index contributed by atoms with van der Waals surface area (Å²) in [5, 5.41) is 23.9. The average Bonchev–Trinajstić information content (AvgIpc) is 3.42. The Morgan fingerprint density at radius 2 is 1.46 bits per heavy atom. The monoisotopic (exact) mass is 900 g/mol. The number of fused-ring (bicyclic) bond motifs is 1. The third-order valence-electron chi connectivity index (χ3n) is 6.54. The summed E-state index contributed by atoms with van der Waals surface area (Å²) in [7, 11) is -6.36. The van der Waals surface area contributed by atoms with E-state index in [-0.39, 0.29) is 20.5 Å². The number of thiophene rings is 1. The van der Waals surface area contributed by atoms with Crippen LogP contribution >= 0.6 is 19.4 Å². The molecule has 2 atom stereocenters. The molecule has 3 aromatic rings. The summed E-state index contributed by atoms with van der Waals surface area (Å²) in [6.07, 6.45) is -7.44. The maximum atomic E-state index is 13.8. The standard InChI is InChI=1S/C26H35AsFN4O5PS2.2C2HF3O2/c1-19-23-15-21(36-14-4-13-32(11-2-9-29)12-3-10-30)7-8-25(23)39-26(19)40(34,35)27-18-38(33)37-22-6-5-20(17-31)24(28)16-22;2*3-2(4,5)1(6)7/h5-8,15-16,27,38H,2-4,9-14,18,29-30H2,1H3;2*(H,6,7). The molecule has 302 valence electrons. The minimum Gasteiger partial charge on any atom is -0.475 e. The van der Waals surface area contributed by atoms with Gasteiger partial charge < -0.3 is 21.7 Å². The Kier molecular flexibility index (Phi) is 20.5.